The number of sulfonamides is 1. The van der Waals surface area contributed by atoms with Crippen LogP contribution in [-0.4, -0.2) is 69.5 Å². The molecule has 14 heteroatoms. The van der Waals surface area contributed by atoms with E-state index in [9.17, 15) is 23.1 Å². The van der Waals surface area contributed by atoms with Crippen LogP contribution < -0.4 is 4.74 Å². The Labute approximate surface area is 308 Å². The van der Waals surface area contributed by atoms with E-state index in [-0.39, 0.29) is 36.4 Å². The summed E-state index contributed by atoms with van der Waals surface area (Å²) in [6.45, 7) is 7.87. The Hall–Kier alpha value is -5.44. The van der Waals surface area contributed by atoms with Gasteiger partial charge in [-0.15, -0.1) is 5.10 Å². The molecule has 6 rings (SSSR count). The smallest absolute Gasteiger partial charge is 0.354 e. The molecule has 1 unspecified atom stereocenters. The zero-order chi connectivity index (χ0) is 37.9. The number of methoxy groups -OCH3 is 1. The molecule has 53 heavy (non-hydrogen) atoms. The molecule has 0 amide bonds. The van der Waals surface area contributed by atoms with E-state index in [1.165, 1.54) is 17.5 Å². The van der Waals surface area contributed by atoms with E-state index < -0.39 is 33.5 Å². The number of carbonyl (C=O) groups is 2. The highest BCUT2D eigenvalue weighted by molar-refractivity contribution is 7.89. The Morgan fingerprint density at radius 1 is 1.02 bits per heavy atom. The fourth-order valence-corrected chi connectivity index (χ4v) is 7.99. The van der Waals surface area contributed by atoms with Crippen molar-refractivity contribution < 1.29 is 37.3 Å². The number of carboxylic acid groups (broad SMARTS) is 1. The summed E-state index contributed by atoms with van der Waals surface area (Å²) < 4.78 is 48.3. The second-order valence-corrected chi connectivity index (χ2v) is 15.5. The monoisotopic (exact) mass is 739 g/mol. The fourth-order valence-electron chi connectivity index (χ4n) is 6.38. The lowest BCUT2D eigenvalue weighted by molar-refractivity contribution is -0.162. The van der Waals surface area contributed by atoms with Crippen molar-refractivity contribution in [1.29, 1.82) is 0 Å². The van der Waals surface area contributed by atoms with Crippen molar-refractivity contribution in [2.45, 2.75) is 64.5 Å². The van der Waals surface area contributed by atoms with E-state index in [0.717, 1.165) is 22.3 Å². The number of esters is 1. The predicted octanol–water partition coefficient (Wildman–Crippen LogP) is 5.82. The Kier molecular flexibility index (Phi) is 10.8. The number of aryl methyl sites for hydroxylation is 1. The van der Waals surface area contributed by atoms with Gasteiger partial charge in [-0.25, -0.2) is 22.9 Å². The van der Waals surface area contributed by atoms with Crippen LogP contribution in [0.1, 0.15) is 65.3 Å². The van der Waals surface area contributed by atoms with E-state index >= 15 is 0 Å². The molecule has 3 heterocycles. The van der Waals surface area contributed by atoms with Crippen molar-refractivity contribution in [1.82, 2.24) is 24.3 Å². The predicted molar refractivity (Wildman–Crippen MR) is 194 cm³/mol. The van der Waals surface area contributed by atoms with Crippen molar-refractivity contribution in [2.75, 3.05) is 13.7 Å². The molecule has 2 atom stereocenters. The number of carbonyl (C=O) groups excluding carboxylic acids is 1. The Bertz CT molecular complexity index is 2250. The van der Waals surface area contributed by atoms with E-state index in [1.54, 1.807) is 61.1 Å². The van der Waals surface area contributed by atoms with Gasteiger partial charge in [-0.2, -0.15) is 4.31 Å². The van der Waals surface area contributed by atoms with Crippen molar-refractivity contribution in [3.63, 3.8) is 0 Å². The zero-order valence-corrected chi connectivity index (χ0v) is 30.9. The highest BCUT2D eigenvalue weighted by Crippen LogP contribution is 2.40. The molecule has 13 nitrogen and oxygen atoms in total. The first-order chi connectivity index (χ1) is 25.3. The number of fused-ring (bicyclic) bond motifs is 1. The molecule has 0 saturated carbocycles. The highest BCUT2D eigenvalue weighted by Gasteiger charge is 2.41. The summed E-state index contributed by atoms with van der Waals surface area (Å²) in [5.41, 5.74) is 3.86. The van der Waals surface area contributed by atoms with Crippen LogP contribution in [0.3, 0.4) is 0 Å². The number of benzene rings is 3. The van der Waals surface area contributed by atoms with Crippen molar-refractivity contribution in [3.8, 4) is 17.0 Å². The summed E-state index contributed by atoms with van der Waals surface area (Å²) >= 11 is 0. The normalized spacial score (nSPS) is 16.2. The molecule has 3 aromatic carbocycles. The van der Waals surface area contributed by atoms with E-state index in [4.69, 9.17) is 14.2 Å². The van der Waals surface area contributed by atoms with Crippen molar-refractivity contribution >= 4 is 22.0 Å². The Morgan fingerprint density at radius 2 is 1.79 bits per heavy atom. The average Bonchev–Trinajstić information content (AvgIpc) is 3.55. The molecule has 1 aliphatic rings. The van der Waals surface area contributed by atoms with Crippen LogP contribution in [0.4, 0.5) is 0 Å². The van der Waals surface area contributed by atoms with Crippen LogP contribution in [0, 0.1) is 12.3 Å². The molecular formula is C39H41N5O8S. The van der Waals surface area contributed by atoms with Crippen LogP contribution in [0.2, 0.25) is 0 Å². The molecule has 276 valence electrons. The minimum atomic E-state index is -3.87. The van der Waals surface area contributed by atoms with Crippen molar-refractivity contribution in [3.05, 3.63) is 125 Å². The molecule has 5 aromatic rings. The van der Waals surface area contributed by atoms with Crippen LogP contribution in [-0.2, 0) is 44.0 Å². The van der Waals surface area contributed by atoms with Gasteiger partial charge in [0.05, 0.1) is 50.2 Å². The van der Waals surface area contributed by atoms with Gasteiger partial charge in [-0.3, -0.25) is 4.79 Å². The maximum absolute atomic E-state index is 13.8. The number of carboxylic acids is 1. The number of nitrogens with zero attached hydrogens (tertiary/aromatic N) is 5. The molecule has 2 aromatic heterocycles. The van der Waals surface area contributed by atoms with Gasteiger partial charge >= 0.3 is 11.9 Å². The zero-order valence-electron chi connectivity index (χ0n) is 30.1. The van der Waals surface area contributed by atoms with Gasteiger partial charge in [0.15, 0.2) is 0 Å². The minimum Gasteiger partial charge on any atom is -0.488 e. The summed E-state index contributed by atoms with van der Waals surface area (Å²) in [7, 11) is -2.55. The van der Waals surface area contributed by atoms with Crippen LogP contribution in [0.25, 0.3) is 11.3 Å². The molecule has 0 fully saturated rings. The summed E-state index contributed by atoms with van der Waals surface area (Å²) in [6.07, 6.45) is 0.578. The van der Waals surface area contributed by atoms with Gasteiger partial charge in [-0.05, 0) is 80.3 Å². The second-order valence-electron chi connectivity index (χ2n) is 13.6. The third kappa shape index (κ3) is 8.14. The molecule has 1 aliphatic heterocycles. The van der Waals surface area contributed by atoms with E-state index in [0.29, 0.717) is 29.2 Å². The van der Waals surface area contributed by atoms with Gasteiger partial charge in [0.1, 0.15) is 28.1 Å². The van der Waals surface area contributed by atoms with E-state index in [1.807, 2.05) is 56.3 Å². The van der Waals surface area contributed by atoms with Crippen LogP contribution in [0.5, 0.6) is 5.75 Å². The second kappa shape index (κ2) is 15.3. The summed E-state index contributed by atoms with van der Waals surface area (Å²) in [5.74, 6) is -1.25. The number of para-hydroxylation sites is 1. The first-order valence-corrected chi connectivity index (χ1v) is 18.4. The third-order valence-electron chi connectivity index (χ3n) is 9.16. The molecular weight excluding hydrogens is 699 g/mol. The van der Waals surface area contributed by atoms with Gasteiger partial charge in [-0.1, -0.05) is 59.8 Å². The van der Waals surface area contributed by atoms with Gasteiger partial charge in [0.25, 0.3) is 0 Å². The van der Waals surface area contributed by atoms with Crippen LogP contribution in [0.15, 0.2) is 96.0 Å². The SMILES string of the molecule is COC(=O)C(C)(C)C(OCc1cn(Cc2cccc(-c3cccc(C(=O)O)n3)c2)nn1)c1ccc(C)c(CN2C[C@@H](C)Oc3ccccc3S2(=O)=O)c1. The number of hydrogen-bond donors (Lipinski definition) is 1. The maximum atomic E-state index is 13.8. The largest absolute Gasteiger partial charge is 0.488 e. The average molecular weight is 740 g/mol. The number of rotatable bonds is 12. The maximum Gasteiger partial charge on any atom is 0.354 e. The van der Waals surface area contributed by atoms with Gasteiger partial charge in [0, 0.05) is 12.1 Å². The highest BCUT2D eigenvalue weighted by atomic mass is 32.2. The Morgan fingerprint density at radius 3 is 2.57 bits per heavy atom. The van der Waals surface area contributed by atoms with Crippen molar-refractivity contribution in [2.24, 2.45) is 5.41 Å². The lowest BCUT2D eigenvalue weighted by atomic mass is 9.81. The fraction of sp³-hybridized carbons (Fsp3) is 0.308. The quantitative estimate of drug-likeness (QED) is 0.153. The summed E-state index contributed by atoms with van der Waals surface area (Å²) in [6, 6.07) is 24.7. The number of pyridine rings is 1. The third-order valence-corrected chi connectivity index (χ3v) is 11.0. The molecule has 0 aliphatic carbocycles. The van der Waals surface area contributed by atoms with Crippen LogP contribution >= 0.6 is 0 Å². The Balaban J connectivity index is 1.22. The molecule has 0 saturated heterocycles. The lowest BCUT2D eigenvalue weighted by Crippen LogP contribution is -2.36. The first-order valence-electron chi connectivity index (χ1n) is 17.0. The first kappa shape index (κ1) is 37.3. The number of aromatic nitrogens is 4. The van der Waals surface area contributed by atoms with Gasteiger partial charge < -0.3 is 19.3 Å². The molecule has 0 spiro atoms. The lowest BCUT2D eigenvalue weighted by Gasteiger charge is -2.32. The number of aromatic carboxylic acids is 1. The molecule has 0 radical (unpaired) electrons. The minimum absolute atomic E-state index is 0.0202. The number of ether oxygens (including phenoxy) is 3. The number of hydrogen-bond acceptors (Lipinski definition) is 10. The van der Waals surface area contributed by atoms with Gasteiger partial charge in [0.2, 0.25) is 10.0 Å². The molecule has 1 N–H and O–H groups in total. The summed E-state index contributed by atoms with van der Waals surface area (Å²) in [4.78, 5) is 28.9. The topological polar surface area (TPSA) is 163 Å². The van der Waals surface area contributed by atoms with E-state index in [2.05, 4.69) is 15.3 Å². The molecule has 0 bridgehead atoms. The standard InChI is InChI=1S/C39H41N5O8S/c1-25-16-17-29(19-30(25)22-44-20-26(2)52-34-14-6-7-15-35(34)53(44,48)49)36(39(3,4)38(47)50-5)51-24-31-23-43(42-41-31)21-27-10-8-11-28(18-27)32-12-9-13-33(40-32)37(45)46/h6-19,23,26,36H,20-22,24H2,1-5H3,(H,45,46)/t26-,36?/m1/s1. The summed E-state index contributed by atoms with van der Waals surface area (Å²) in [5, 5.41) is 17.9.